The topological polar surface area (TPSA) is 12.0 Å². The van der Waals surface area contributed by atoms with E-state index in [4.69, 9.17) is 0 Å². The van der Waals surface area contributed by atoms with E-state index in [0.29, 0.717) is 0 Å². The van der Waals surface area contributed by atoms with Crippen LogP contribution in [0.25, 0.3) is 0 Å². The zero-order valence-corrected chi connectivity index (χ0v) is 10.8. The van der Waals surface area contributed by atoms with Gasteiger partial charge in [-0.25, -0.2) is 0 Å². The monoisotopic (exact) mass is 291 g/mol. The minimum Gasteiger partial charge on any atom is -0.308 e. The van der Waals surface area contributed by atoms with Gasteiger partial charge in [0.25, 0.3) is 0 Å². The molecule has 0 aliphatic rings. The van der Waals surface area contributed by atoms with Crippen LogP contribution in [0.3, 0.4) is 0 Å². The molecule has 0 aromatic heterocycles. The quantitative estimate of drug-likeness (QED) is 0.825. The van der Waals surface area contributed by atoms with E-state index in [1.165, 1.54) is 5.56 Å². The Kier molecular flexibility index (Phi) is 5.56. The number of nitrogens with one attached hydrogen (secondary N) is 1. The fourth-order valence-electron chi connectivity index (χ4n) is 0.963. The van der Waals surface area contributed by atoms with Crippen molar-refractivity contribution in [1.82, 2.24) is 5.32 Å². The van der Waals surface area contributed by atoms with Crippen LogP contribution in [-0.2, 0) is 6.54 Å². The average Bonchev–Trinajstić information content (AvgIpc) is 2.02. The molecular weight excluding hydrogens is 273 g/mol. The largest absolute Gasteiger partial charge is 0.308 e. The van der Waals surface area contributed by atoms with Gasteiger partial charge in [-0.05, 0) is 26.3 Å². The molecule has 0 aliphatic carbocycles. The fraction of sp³-hybridized carbons (Fsp3) is 0.455. The summed E-state index contributed by atoms with van der Waals surface area (Å²) in [5.74, 6) is 0. The smallest absolute Gasteiger partial charge is 0.0210 e. The second kappa shape index (κ2) is 5.60. The summed E-state index contributed by atoms with van der Waals surface area (Å²) >= 11 is 0. The van der Waals surface area contributed by atoms with Gasteiger partial charge in [0.2, 0.25) is 0 Å². The van der Waals surface area contributed by atoms with E-state index < -0.39 is 0 Å². The molecule has 0 heterocycles. The third kappa shape index (κ3) is 6.05. The van der Waals surface area contributed by atoms with Gasteiger partial charge in [-0.3, -0.25) is 0 Å². The van der Waals surface area contributed by atoms with E-state index in [9.17, 15) is 0 Å². The maximum atomic E-state index is 3.44. The summed E-state index contributed by atoms with van der Waals surface area (Å²) in [6, 6.07) is 10.5. The van der Waals surface area contributed by atoms with Gasteiger partial charge in [0.1, 0.15) is 0 Å². The number of hydrogen-bond acceptors (Lipinski definition) is 1. The Bertz CT molecular complexity index is 226. The summed E-state index contributed by atoms with van der Waals surface area (Å²) in [5.41, 5.74) is 1.54. The van der Waals surface area contributed by atoms with E-state index in [1.807, 2.05) is 6.07 Å². The molecule has 0 atom stereocenters. The zero-order valence-electron chi connectivity index (χ0n) is 8.50. The molecule has 1 N–H and O–H groups in total. The maximum Gasteiger partial charge on any atom is 0.0210 e. The lowest BCUT2D eigenvalue weighted by molar-refractivity contribution is 0.424. The Hall–Kier alpha value is -0.0900. The Morgan fingerprint density at radius 3 is 2.08 bits per heavy atom. The molecule has 1 aromatic carbocycles. The van der Waals surface area contributed by atoms with Crippen LogP contribution in [0, 0.1) is 0 Å². The Balaban J connectivity index is 0.00000144. The second-order valence-electron chi connectivity index (χ2n) is 4.09. The molecule has 0 spiro atoms. The third-order valence-corrected chi connectivity index (χ3v) is 1.67. The number of hydrogen-bond donors (Lipinski definition) is 1. The average molecular weight is 291 g/mol. The normalized spacial score (nSPS) is 10.7. The van der Waals surface area contributed by atoms with E-state index in [2.05, 4.69) is 50.4 Å². The first kappa shape index (κ1) is 12.9. The van der Waals surface area contributed by atoms with E-state index in [0.717, 1.165) is 6.54 Å². The third-order valence-electron chi connectivity index (χ3n) is 1.67. The van der Waals surface area contributed by atoms with Crippen LogP contribution >= 0.6 is 24.0 Å². The first-order valence-electron chi connectivity index (χ1n) is 4.37. The number of benzene rings is 1. The van der Waals surface area contributed by atoms with Crippen molar-refractivity contribution in [3.63, 3.8) is 0 Å². The molecule has 0 aliphatic heterocycles. The first-order valence-corrected chi connectivity index (χ1v) is 4.37. The highest BCUT2D eigenvalue weighted by Crippen LogP contribution is 2.03. The highest BCUT2D eigenvalue weighted by atomic mass is 127. The Labute approximate surface area is 97.9 Å². The van der Waals surface area contributed by atoms with Gasteiger partial charge in [-0.1, -0.05) is 30.3 Å². The molecular formula is C11H18IN. The molecule has 2 heteroatoms. The first-order chi connectivity index (χ1) is 5.58. The lowest BCUT2D eigenvalue weighted by atomic mass is 10.1. The molecule has 0 saturated carbocycles. The second-order valence-corrected chi connectivity index (χ2v) is 4.09. The summed E-state index contributed by atoms with van der Waals surface area (Å²) in [7, 11) is 0. The van der Waals surface area contributed by atoms with E-state index in [-0.39, 0.29) is 29.5 Å². The van der Waals surface area contributed by atoms with Crippen molar-refractivity contribution in [2.24, 2.45) is 0 Å². The fourth-order valence-corrected chi connectivity index (χ4v) is 0.963. The van der Waals surface area contributed by atoms with Gasteiger partial charge in [-0.15, -0.1) is 24.0 Å². The summed E-state index contributed by atoms with van der Waals surface area (Å²) in [5, 5.41) is 3.44. The molecule has 0 radical (unpaired) electrons. The molecule has 0 saturated heterocycles. The lowest BCUT2D eigenvalue weighted by Gasteiger charge is -2.20. The van der Waals surface area contributed by atoms with Gasteiger partial charge < -0.3 is 5.32 Å². The Morgan fingerprint density at radius 1 is 1.08 bits per heavy atom. The maximum absolute atomic E-state index is 3.44. The van der Waals surface area contributed by atoms with Gasteiger partial charge >= 0.3 is 0 Å². The summed E-state index contributed by atoms with van der Waals surface area (Å²) in [6.07, 6.45) is 0. The summed E-state index contributed by atoms with van der Waals surface area (Å²) < 4.78 is 0. The van der Waals surface area contributed by atoms with Crippen molar-refractivity contribution in [3.05, 3.63) is 35.9 Å². The van der Waals surface area contributed by atoms with Gasteiger partial charge in [0, 0.05) is 12.1 Å². The molecule has 0 fully saturated rings. The van der Waals surface area contributed by atoms with Crippen LogP contribution in [0.2, 0.25) is 0 Å². The molecule has 0 unspecified atom stereocenters. The van der Waals surface area contributed by atoms with Crippen molar-refractivity contribution in [1.29, 1.82) is 0 Å². The predicted octanol–water partition coefficient (Wildman–Crippen LogP) is 3.19. The van der Waals surface area contributed by atoms with Crippen molar-refractivity contribution >= 4 is 24.0 Å². The van der Waals surface area contributed by atoms with Crippen LogP contribution in [-0.4, -0.2) is 5.54 Å². The molecule has 1 aromatic rings. The van der Waals surface area contributed by atoms with Crippen LogP contribution in [0.5, 0.6) is 0 Å². The highest BCUT2D eigenvalue weighted by Gasteiger charge is 2.07. The minimum atomic E-state index is 0. The number of halogens is 1. The molecule has 0 amide bonds. The van der Waals surface area contributed by atoms with Crippen LogP contribution in [0.1, 0.15) is 26.3 Å². The summed E-state index contributed by atoms with van der Waals surface area (Å²) in [6.45, 7) is 7.48. The Morgan fingerprint density at radius 2 is 1.62 bits per heavy atom. The van der Waals surface area contributed by atoms with Gasteiger partial charge in [-0.2, -0.15) is 0 Å². The van der Waals surface area contributed by atoms with Crippen molar-refractivity contribution in [2.75, 3.05) is 0 Å². The molecule has 74 valence electrons. The predicted molar refractivity (Wildman–Crippen MR) is 68.4 cm³/mol. The number of rotatable bonds is 2. The van der Waals surface area contributed by atoms with Gasteiger partial charge in [0.15, 0.2) is 0 Å². The SMILES string of the molecule is CC(C)(C)NCc1ccccc1.I. The van der Waals surface area contributed by atoms with Crippen molar-refractivity contribution < 1.29 is 0 Å². The molecule has 1 rings (SSSR count). The van der Waals surface area contributed by atoms with E-state index >= 15 is 0 Å². The zero-order chi connectivity index (χ0) is 9.03. The standard InChI is InChI=1S/C11H17N.HI/c1-11(2,3)12-9-10-7-5-4-6-8-10;/h4-8,12H,9H2,1-3H3;1H. The summed E-state index contributed by atoms with van der Waals surface area (Å²) in [4.78, 5) is 0. The van der Waals surface area contributed by atoms with Crippen molar-refractivity contribution in [2.45, 2.75) is 32.9 Å². The highest BCUT2D eigenvalue weighted by molar-refractivity contribution is 14.0. The molecule has 13 heavy (non-hydrogen) atoms. The minimum absolute atomic E-state index is 0. The lowest BCUT2D eigenvalue weighted by Crippen LogP contribution is -2.34. The van der Waals surface area contributed by atoms with Crippen LogP contribution < -0.4 is 5.32 Å². The van der Waals surface area contributed by atoms with E-state index in [1.54, 1.807) is 0 Å². The van der Waals surface area contributed by atoms with Gasteiger partial charge in [0.05, 0.1) is 0 Å². The van der Waals surface area contributed by atoms with Crippen LogP contribution in [0.15, 0.2) is 30.3 Å². The van der Waals surface area contributed by atoms with Crippen LogP contribution in [0.4, 0.5) is 0 Å². The molecule has 0 bridgehead atoms. The molecule has 1 nitrogen and oxygen atoms in total. The van der Waals surface area contributed by atoms with Crippen molar-refractivity contribution in [3.8, 4) is 0 Å².